The molecule has 1 saturated heterocycles. The Morgan fingerprint density at radius 2 is 1.89 bits per heavy atom. The third kappa shape index (κ3) is 8.85. The van der Waals surface area contributed by atoms with Crippen LogP contribution < -0.4 is 11.1 Å². The van der Waals surface area contributed by atoms with Crippen molar-refractivity contribution in [2.75, 3.05) is 26.3 Å². The summed E-state index contributed by atoms with van der Waals surface area (Å²) >= 11 is 0. The van der Waals surface area contributed by atoms with Crippen molar-refractivity contribution in [3.63, 3.8) is 0 Å². The standard InChI is InChI=1S/C25H26BFN5O2.C6H14.C4H10.C2H6/c1-4-18(27)21-19(14(7-28)24(29)26-21)13(3)20-17-11-34-10-16(17)15-8-30-25(31-22(15)23(20)33)32-6-5-12(2)9-32;1-4-5-6(2)3;1-3-4-2;1-2/h4,8,12,22,33H,3,5-6,9-11,29H2,1-2H3,(H,30,31);6H,4-5H2,1-3H3;3-4H2,1-2H3;1-2H3/b18-4+;;;. The number of nitriles is 1. The fourth-order valence-electron chi connectivity index (χ4n) is 5.81. The van der Waals surface area contributed by atoms with Crippen LogP contribution >= 0.6 is 0 Å². The van der Waals surface area contributed by atoms with Gasteiger partial charge in [0.1, 0.15) is 23.7 Å². The maximum Gasteiger partial charge on any atom is 0.219 e. The van der Waals surface area contributed by atoms with Crippen molar-refractivity contribution in [1.29, 1.82) is 5.26 Å². The summed E-state index contributed by atoms with van der Waals surface area (Å²) in [4.78, 5) is 7.04. The number of nitrogens with zero attached hydrogens (tertiary/aromatic N) is 3. The molecule has 0 aromatic rings. The molecule has 0 spiro atoms. The van der Waals surface area contributed by atoms with Crippen LogP contribution in [0.15, 0.2) is 85.5 Å². The van der Waals surface area contributed by atoms with Crippen LogP contribution in [0.1, 0.15) is 94.4 Å². The number of fused-ring (bicyclic) bond motifs is 2. The largest absolute Gasteiger partial charge is 0.509 e. The smallest absolute Gasteiger partial charge is 0.219 e. The lowest BCUT2D eigenvalue weighted by Gasteiger charge is -2.33. The van der Waals surface area contributed by atoms with Gasteiger partial charge >= 0.3 is 0 Å². The van der Waals surface area contributed by atoms with E-state index in [1.165, 1.54) is 39.0 Å². The number of ether oxygens (including phenoxy) is 1. The molecular formula is C37H56BFN5O2. The molecule has 1 aliphatic carbocycles. The molecule has 4 heterocycles. The van der Waals surface area contributed by atoms with E-state index in [4.69, 9.17) is 15.5 Å². The maximum absolute atomic E-state index is 14.8. The zero-order chi connectivity index (χ0) is 34.6. The number of allylic oxidation sites excluding steroid dienone is 6. The van der Waals surface area contributed by atoms with Gasteiger partial charge in [-0.15, -0.1) is 0 Å². The highest BCUT2D eigenvalue weighted by molar-refractivity contribution is 6.57. The molecule has 5 rings (SSSR count). The van der Waals surface area contributed by atoms with Gasteiger partial charge in [-0.2, -0.15) is 5.26 Å². The van der Waals surface area contributed by atoms with Crippen LogP contribution in [-0.4, -0.2) is 55.6 Å². The second-order valence-corrected chi connectivity index (χ2v) is 12.3. The number of unbranched alkanes of at least 4 members (excludes halogenated alkanes) is 1. The van der Waals surface area contributed by atoms with E-state index in [9.17, 15) is 14.8 Å². The first kappa shape index (κ1) is 38.7. The predicted molar refractivity (Wildman–Crippen MR) is 191 cm³/mol. The lowest BCUT2D eigenvalue weighted by molar-refractivity contribution is 0.206. The zero-order valence-electron chi connectivity index (χ0n) is 29.7. The van der Waals surface area contributed by atoms with Crippen LogP contribution in [0.5, 0.6) is 0 Å². The van der Waals surface area contributed by atoms with Crippen molar-refractivity contribution < 1.29 is 14.2 Å². The lowest BCUT2D eigenvalue weighted by atomic mass is 9.67. The van der Waals surface area contributed by atoms with E-state index in [2.05, 4.69) is 64.4 Å². The summed E-state index contributed by atoms with van der Waals surface area (Å²) in [5.41, 5.74) is 10.1. The van der Waals surface area contributed by atoms with Gasteiger partial charge in [-0.25, -0.2) is 9.38 Å². The molecule has 2 atom stereocenters. The summed E-state index contributed by atoms with van der Waals surface area (Å²) in [5.74, 6) is 1.69. The molecule has 0 aromatic heterocycles. The van der Waals surface area contributed by atoms with E-state index in [0.29, 0.717) is 29.6 Å². The van der Waals surface area contributed by atoms with Crippen molar-refractivity contribution in [3.05, 3.63) is 80.5 Å². The Kier molecular flexibility index (Phi) is 15.6. The van der Waals surface area contributed by atoms with Crippen LogP contribution in [0, 0.1) is 23.2 Å². The topological polar surface area (TPSA) is 107 Å². The summed E-state index contributed by atoms with van der Waals surface area (Å²) in [7, 11) is 1.44. The molecule has 1 radical (unpaired) electrons. The van der Waals surface area contributed by atoms with Crippen LogP contribution in [0.25, 0.3) is 0 Å². The molecule has 251 valence electrons. The van der Waals surface area contributed by atoms with Gasteiger partial charge in [0, 0.05) is 30.4 Å². The Bertz CT molecular complexity index is 1370. The molecule has 4 aliphatic heterocycles. The molecule has 0 saturated carbocycles. The quantitative estimate of drug-likeness (QED) is 0.256. The number of nitrogens with two attached hydrogens (primary N) is 1. The van der Waals surface area contributed by atoms with Crippen LogP contribution in [-0.2, 0) is 4.74 Å². The van der Waals surface area contributed by atoms with Crippen LogP contribution in [0.4, 0.5) is 4.39 Å². The minimum absolute atomic E-state index is 0.0160. The number of guanidine groups is 1. The highest BCUT2D eigenvalue weighted by atomic mass is 19.1. The number of aliphatic imine (C=N–C) groups is 1. The normalized spacial score (nSPS) is 21.9. The number of nitrogens with one attached hydrogen (secondary N) is 1. The van der Waals surface area contributed by atoms with Gasteiger partial charge in [0.15, 0.2) is 5.96 Å². The van der Waals surface area contributed by atoms with Crippen molar-refractivity contribution in [2.45, 2.75) is 100 Å². The molecule has 0 bridgehead atoms. The van der Waals surface area contributed by atoms with Crippen molar-refractivity contribution in [2.24, 2.45) is 22.6 Å². The van der Waals surface area contributed by atoms with Crippen LogP contribution in [0.2, 0.25) is 0 Å². The Hall–Kier alpha value is -3.51. The molecule has 0 amide bonds. The molecule has 0 aromatic carbocycles. The summed E-state index contributed by atoms with van der Waals surface area (Å²) in [6.45, 7) is 25.5. The minimum atomic E-state index is -0.632. The summed E-state index contributed by atoms with van der Waals surface area (Å²) in [5, 5.41) is 24.6. The number of halogens is 1. The highest BCUT2D eigenvalue weighted by Gasteiger charge is 2.41. The number of hydrogen-bond acceptors (Lipinski definition) is 7. The third-order valence-corrected chi connectivity index (χ3v) is 8.35. The van der Waals surface area contributed by atoms with Gasteiger partial charge in [0.05, 0.1) is 18.8 Å². The van der Waals surface area contributed by atoms with Crippen LogP contribution in [0.3, 0.4) is 0 Å². The summed E-state index contributed by atoms with van der Waals surface area (Å²) in [6.07, 6.45) is 9.63. The minimum Gasteiger partial charge on any atom is -0.509 e. The average molecular weight is 633 g/mol. The Morgan fingerprint density at radius 3 is 2.39 bits per heavy atom. The van der Waals surface area contributed by atoms with Crippen molar-refractivity contribution in [1.82, 2.24) is 10.2 Å². The molecule has 2 unspecified atom stereocenters. The van der Waals surface area contributed by atoms with E-state index in [0.717, 1.165) is 42.1 Å². The SMILES string of the molecule is C=C(C1=C(/C(F)=C\C)[B]C(N)=C1C#N)C1=C(O)C2N=C(N3CCC(C)C3)NC=C2C2=C1COC2.CC.CCCC.CCCC(C)C. The van der Waals surface area contributed by atoms with Gasteiger partial charge in [-0.05, 0) is 58.5 Å². The fourth-order valence-corrected chi connectivity index (χ4v) is 5.81. The molecular weight excluding hydrogens is 576 g/mol. The highest BCUT2D eigenvalue weighted by Crippen LogP contribution is 2.46. The summed E-state index contributed by atoms with van der Waals surface area (Å²) < 4.78 is 20.5. The monoisotopic (exact) mass is 632 g/mol. The van der Waals surface area contributed by atoms with E-state index in [1.54, 1.807) is 6.92 Å². The maximum atomic E-state index is 14.8. The Balaban J connectivity index is 0.000000530. The summed E-state index contributed by atoms with van der Waals surface area (Å²) in [6, 6.07) is 1.44. The number of rotatable bonds is 6. The number of likely N-dealkylation sites (tertiary alicyclic amines) is 1. The van der Waals surface area contributed by atoms with Crippen molar-refractivity contribution in [3.8, 4) is 6.07 Å². The Morgan fingerprint density at radius 1 is 1.24 bits per heavy atom. The zero-order valence-corrected chi connectivity index (χ0v) is 29.7. The molecule has 46 heavy (non-hydrogen) atoms. The third-order valence-electron chi connectivity index (χ3n) is 8.35. The number of hydrogen-bond donors (Lipinski definition) is 3. The first-order valence-corrected chi connectivity index (χ1v) is 17.1. The molecule has 4 N–H and O–H groups in total. The Labute approximate surface area is 278 Å². The van der Waals surface area contributed by atoms with Gasteiger partial charge in [0.2, 0.25) is 7.28 Å². The molecule has 5 aliphatic rings. The second kappa shape index (κ2) is 18.6. The van der Waals surface area contributed by atoms with Gasteiger partial charge in [-0.1, -0.05) is 93.7 Å². The number of aliphatic hydroxyl groups is 1. The first-order valence-electron chi connectivity index (χ1n) is 17.1. The van der Waals surface area contributed by atoms with E-state index >= 15 is 0 Å². The van der Waals surface area contributed by atoms with Crippen molar-refractivity contribution >= 4 is 13.2 Å². The van der Waals surface area contributed by atoms with Gasteiger partial charge in [-0.3, -0.25) is 0 Å². The second-order valence-electron chi connectivity index (χ2n) is 12.3. The molecule has 1 fully saturated rings. The fraction of sp³-hybridized carbons (Fsp3) is 0.568. The molecule has 9 heteroatoms. The predicted octanol–water partition coefficient (Wildman–Crippen LogP) is 8.06. The van der Waals surface area contributed by atoms with Gasteiger partial charge < -0.3 is 25.8 Å². The first-order chi connectivity index (χ1) is 22.0. The average Bonchev–Trinajstić information content (AvgIpc) is 3.80. The van der Waals surface area contributed by atoms with E-state index < -0.39 is 11.9 Å². The van der Waals surface area contributed by atoms with E-state index in [1.807, 2.05) is 20.0 Å². The number of aliphatic hydroxyl groups excluding tert-OH is 1. The lowest BCUT2D eigenvalue weighted by Crippen LogP contribution is -2.42. The molecule has 7 nitrogen and oxygen atoms in total. The van der Waals surface area contributed by atoms with E-state index in [-0.39, 0.29) is 34.6 Å². The van der Waals surface area contributed by atoms with Gasteiger partial charge in [0.25, 0.3) is 0 Å².